The summed E-state index contributed by atoms with van der Waals surface area (Å²) in [5.74, 6) is -0.234. The van der Waals surface area contributed by atoms with Crippen LogP contribution in [0, 0.1) is 0 Å². The van der Waals surface area contributed by atoms with Gasteiger partial charge in [0.05, 0.1) is 18.5 Å². The van der Waals surface area contributed by atoms with Crippen molar-refractivity contribution in [1.29, 1.82) is 0 Å². The third kappa shape index (κ3) is 1.31. The Morgan fingerprint density at radius 2 is 2.69 bits per heavy atom. The Bertz CT molecular complexity index is 321. The largest absolute Gasteiger partial charge is 0.465 e. The van der Waals surface area contributed by atoms with Crippen LogP contribution in [0.3, 0.4) is 0 Å². The lowest BCUT2D eigenvalue weighted by molar-refractivity contribution is -0.145. The van der Waals surface area contributed by atoms with E-state index >= 15 is 0 Å². The van der Waals surface area contributed by atoms with E-state index in [-0.39, 0.29) is 12.0 Å². The summed E-state index contributed by atoms with van der Waals surface area (Å²) in [7, 11) is 0. The zero-order chi connectivity index (χ0) is 9.26. The summed E-state index contributed by atoms with van der Waals surface area (Å²) >= 11 is 0. The molecule has 1 aromatic heterocycles. The molecule has 1 aliphatic rings. The van der Waals surface area contributed by atoms with Crippen molar-refractivity contribution in [3.8, 4) is 0 Å². The van der Waals surface area contributed by atoms with Crippen LogP contribution in [0.15, 0.2) is 6.20 Å². The predicted octanol–water partition coefficient (Wildman–Crippen LogP) is 0.117. The molecular formula is C8H11N3O2. The van der Waals surface area contributed by atoms with Crippen LogP contribution in [0.5, 0.6) is 0 Å². The molecule has 1 aromatic rings. The smallest absolute Gasteiger partial charge is 0.327 e. The van der Waals surface area contributed by atoms with Crippen molar-refractivity contribution in [3.05, 3.63) is 17.5 Å². The fraction of sp³-hybridized carbons (Fsp3) is 0.500. The molecule has 0 fully saturated rings. The summed E-state index contributed by atoms with van der Waals surface area (Å²) in [4.78, 5) is 11.4. The van der Waals surface area contributed by atoms with Crippen LogP contribution in [0.1, 0.15) is 24.2 Å². The maximum Gasteiger partial charge on any atom is 0.327 e. The molecular weight excluding hydrogens is 170 g/mol. The van der Waals surface area contributed by atoms with Gasteiger partial charge in [0.25, 0.3) is 0 Å². The summed E-state index contributed by atoms with van der Waals surface area (Å²) in [6, 6.07) is -0.339. The zero-order valence-corrected chi connectivity index (χ0v) is 7.33. The molecule has 0 saturated heterocycles. The number of aromatic nitrogens is 2. The molecule has 0 aromatic carbocycles. The molecule has 0 radical (unpaired) electrons. The molecule has 2 heterocycles. The number of carbonyl (C=O) groups excluding carboxylic acids is 1. The quantitative estimate of drug-likeness (QED) is 0.636. The second kappa shape index (κ2) is 3.18. The number of hydrogen-bond donors (Lipinski definition) is 2. The molecule has 13 heavy (non-hydrogen) atoms. The second-order valence-corrected chi connectivity index (χ2v) is 2.87. The third-order valence-corrected chi connectivity index (χ3v) is 2.07. The average Bonchev–Trinajstić information content (AvgIpc) is 2.62. The van der Waals surface area contributed by atoms with Crippen molar-refractivity contribution in [3.63, 3.8) is 0 Å². The van der Waals surface area contributed by atoms with Crippen LogP contribution >= 0.6 is 0 Å². The lowest BCUT2D eigenvalue weighted by Crippen LogP contribution is -2.24. The number of ether oxygens (including phenoxy) is 1. The van der Waals surface area contributed by atoms with Gasteiger partial charge in [-0.05, 0) is 6.92 Å². The van der Waals surface area contributed by atoms with Gasteiger partial charge in [-0.3, -0.25) is 10.4 Å². The number of nitrogens with one attached hydrogen (secondary N) is 2. The van der Waals surface area contributed by atoms with Crippen LogP contribution in [-0.2, 0) is 16.1 Å². The minimum atomic E-state index is -0.339. The lowest BCUT2D eigenvalue weighted by Gasteiger charge is -2.08. The van der Waals surface area contributed by atoms with Gasteiger partial charge in [0.1, 0.15) is 6.04 Å². The summed E-state index contributed by atoms with van der Waals surface area (Å²) in [5, 5.41) is 9.73. The Kier molecular flexibility index (Phi) is 2.02. The van der Waals surface area contributed by atoms with Crippen LogP contribution < -0.4 is 5.32 Å². The number of nitrogens with zero attached hydrogens (tertiary/aromatic N) is 1. The lowest BCUT2D eigenvalue weighted by atomic mass is 10.2. The average molecular weight is 181 g/mol. The van der Waals surface area contributed by atoms with Crippen LogP contribution in [0.4, 0.5) is 0 Å². The van der Waals surface area contributed by atoms with E-state index in [0.29, 0.717) is 13.2 Å². The first-order valence-corrected chi connectivity index (χ1v) is 4.25. The van der Waals surface area contributed by atoms with Gasteiger partial charge in [0, 0.05) is 12.1 Å². The van der Waals surface area contributed by atoms with Gasteiger partial charge in [-0.25, -0.2) is 4.79 Å². The highest BCUT2D eigenvalue weighted by molar-refractivity contribution is 5.78. The summed E-state index contributed by atoms with van der Waals surface area (Å²) in [6.45, 7) is 2.85. The van der Waals surface area contributed by atoms with Crippen LogP contribution in [0.2, 0.25) is 0 Å². The Morgan fingerprint density at radius 1 is 1.85 bits per heavy atom. The first-order chi connectivity index (χ1) is 6.33. The van der Waals surface area contributed by atoms with Crippen molar-refractivity contribution in [2.75, 3.05) is 6.61 Å². The molecule has 1 aliphatic heterocycles. The van der Waals surface area contributed by atoms with Gasteiger partial charge in [-0.1, -0.05) is 0 Å². The molecule has 0 aliphatic carbocycles. The predicted molar refractivity (Wildman–Crippen MR) is 44.8 cm³/mol. The van der Waals surface area contributed by atoms with Crippen LogP contribution in [-0.4, -0.2) is 22.8 Å². The van der Waals surface area contributed by atoms with Gasteiger partial charge in [-0.15, -0.1) is 0 Å². The Labute approximate surface area is 75.5 Å². The zero-order valence-electron chi connectivity index (χ0n) is 7.33. The number of aromatic amines is 1. The Hall–Kier alpha value is -1.36. The first-order valence-electron chi connectivity index (χ1n) is 4.25. The Balaban J connectivity index is 2.16. The fourth-order valence-corrected chi connectivity index (χ4v) is 1.46. The maximum absolute atomic E-state index is 11.4. The monoisotopic (exact) mass is 181 g/mol. The van der Waals surface area contributed by atoms with E-state index < -0.39 is 0 Å². The standard InChI is InChI=1S/C8H11N3O2/c1-2-13-8(12)7-5-3-10-11-6(5)4-9-7/h3,7,9H,2,4H2,1H3,(H,10,11)/t7-/m1/s1. The van der Waals surface area contributed by atoms with E-state index in [9.17, 15) is 4.79 Å². The maximum atomic E-state index is 11.4. The summed E-state index contributed by atoms with van der Waals surface area (Å²) in [6.07, 6.45) is 1.66. The Morgan fingerprint density at radius 3 is 3.46 bits per heavy atom. The molecule has 5 nitrogen and oxygen atoms in total. The van der Waals surface area contributed by atoms with Crippen molar-refractivity contribution >= 4 is 5.97 Å². The van der Waals surface area contributed by atoms with E-state index in [2.05, 4.69) is 15.5 Å². The highest BCUT2D eigenvalue weighted by Crippen LogP contribution is 2.23. The number of esters is 1. The van der Waals surface area contributed by atoms with E-state index in [1.54, 1.807) is 13.1 Å². The topological polar surface area (TPSA) is 67.0 Å². The van der Waals surface area contributed by atoms with E-state index in [1.807, 2.05) is 0 Å². The molecule has 70 valence electrons. The van der Waals surface area contributed by atoms with Gasteiger partial charge < -0.3 is 4.74 Å². The number of hydrogen-bond acceptors (Lipinski definition) is 4. The number of carbonyl (C=O) groups is 1. The SMILES string of the molecule is CCOC(=O)[C@@H]1NCc2[nH]ncc21. The highest BCUT2D eigenvalue weighted by Gasteiger charge is 2.30. The minimum absolute atomic E-state index is 0.234. The van der Waals surface area contributed by atoms with E-state index in [1.165, 1.54) is 0 Å². The van der Waals surface area contributed by atoms with Crippen molar-refractivity contribution in [2.45, 2.75) is 19.5 Å². The van der Waals surface area contributed by atoms with Gasteiger partial charge in [-0.2, -0.15) is 5.10 Å². The van der Waals surface area contributed by atoms with Gasteiger partial charge in [0.15, 0.2) is 0 Å². The molecule has 2 rings (SSSR count). The fourth-order valence-electron chi connectivity index (χ4n) is 1.46. The van der Waals surface area contributed by atoms with Crippen molar-refractivity contribution in [2.24, 2.45) is 0 Å². The molecule has 0 bridgehead atoms. The normalized spacial score (nSPS) is 19.9. The first kappa shape index (κ1) is 8.25. The molecule has 0 unspecified atom stereocenters. The van der Waals surface area contributed by atoms with Crippen LogP contribution in [0.25, 0.3) is 0 Å². The van der Waals surface area contributed by atoms with E-state index in [4.69, 9.17) is 4.74 Å². The minimum Gasteiger partial charge on any atom is -0.465 e. The highest BCUT2D eigenvalue weighted by atomic mass is 16.5. The molecule has 0 amide bonds. The van der Waals surface area contributed by atoms with Crippen molar-refractivity contribution in [1.82, 2.24) is 15.5 Å². The summed E-state index contributed by atoms with van der Waals surface area (Å²) in [5.41, 5.74) is 1.87. The van der Waals surface area contributed by atoms with Crippen molar-refractivity contribution < 1.29 is 9.53 Å². The molecule has 1 atom stereocenters. The third-order valence-electron chi connectivity index (χ3n) is 2.07. The molecule has 0 saturated carbocycles. The number of rotatable bonds is 2. The number of fused-ring (bicyclic) bond motifs is 1. The van der Waals surface area contributed by atoms with Gasteiger partial charge >= 0.3 is 5.97 Å². The molecule has 5 heteroatoms. The second-order valence-electron chi connectivity index (χ2n) is 2.87. The molecule has 0 spiro atoms. The van der Waals surface area contributed by atoms with E-state index in [0.717, 1.165) is 11.3 Å². The number of H-pyrrole nitrogens is 1. The summed E-state index contributed by atoms with van der Waals surface area (Å²) < 4.78 is 4.91. The van der Waals surface area contributed by atoms with Gasteiger partial charge in [0.2, 0.25) is 0 Å². The molecule has 2 N–H and O–H groups in total.